The zero-order valence-corrected chi connectivity index (χ0v) is 29.0. The van der Waals surface area contributed by atoms with Crippen molar-refractivity contribution in [2.45, 2.75) is 172 Å². The highest BCUT2D eigenvalue weighted by atomic mass is 16.8. The summed E-state index contributed by atoms with van der Waals surface area (Å²) in [7, 11) is 0. The SMILES string of the molecule is CC(=O)OC[C@H]1O[C@@H](O[C@H]2[C@H](OC(C)CCCCCC/C=C/CCCCCCCC(=O)O)O[C@H](COC(C)=O)[C@@H](O)[C@@H]2O)[C@H](O)[C@@H](O)[C@@H]1O. The summed E-state index contributed by atoms with van der Waals surface area (Å²) in [5.41, 5.74) is 0. The Hall–Kier alpha value is -2.21. The molecular weight excluding hydrogens is 648 g/mol. The van der Waals surface area contributed by atoms with E-state index in [2.05, 4.69) is 12.2 Å². The molecule has 0 aliphatic carbocycles. The lowest BCUT2D eigenvalue weighted by molar-refractivity contribution is -0.371. The van der Waals surface area contributed by atoms with Gasteiger partial charge >= 0.3 is 17.9 Å². The maximum Gasteiger partial charge on any atom is 0.303 e. The molecule has 2 aliphatic heterocycles. The summed E-state index contributed by atoms with van der Waals surface area (Å²) in [5, 5.41) is 61.7. The van der Waals surface area contributed by atoms with Crippen molar-refractivity contribution < 1.29 is 73.4 Å². The fraction of sp³-hybridized carbons (Fsp3) is 0.853. The number of carbonyl (C=O) groups excluding carboxylic acids is 2. The second kappa shape index (κ2) is 23.3. The van der Waals surface area contributed by atoms with Crippen LogP contribution in [-0.4, -0.2) is 129 Å². The van der Waals surface area contributed by atoms with Crippen LogP contribution in [-0.2, 0) is 42.8 Å². The quantitative estimate of drug-likeness (QED) is 0.0506. The van der Waals surface area contributed by atoms with E-state index in [1.54, 1.807) is 0 Å². The molecule has 2 saturated heterocycles. The first-order valence-electron chi connectivity index (χ1n) is 17.5. The number of hydrogen-bond acceptors (Lipinski definition) is 14. The summed E-state index contributed by atoms with van der Waals surface area (Å²) in [6.07, 6.45) is 0.603. The number of carbonyl (C=O) groups is 3. The zero-order valence-electron chi connectivity index (χ0n) is 29.0. The van der Waals surface area contributed by atoms with E-state index in [9.17, 15) is 39.9 Å². The van der Waals surface area contributed by atoms with Crippen LogP contribution in [0.2, 0.25) is 0 Å². The standard InChI is InChI=1S/C34H58O15/c1-21(17-15-13-11-9-7-5-4-6-8-10-12-14-16-18-26(37)38)46-34-32(30(42)28(40)25(48-34)20-45-23(3)36)49-33-31(43)29(41)27(39)24(47-33)19-44-22(2)35/h4-5,21,24-25,27-34,39-43H,6-20H2,1-3H3,(H,37,38)/b5-4+/t21?,24-,25-,27-,28-,29+,30+,31-,32-,33+,34-/m1/s1. The Bertz CT molecular complexity index is 993. The normalized spacial score (nSPS) is 31.0. The lowest BCUT2D eigenvalue weighted by atomic mass is 9.97. The fourth-order valence-electron chi connectivity index (χ4n) is 5.67. The summed E-state index contributed by atoms with van der Waals surface area (Å²) in [6.45, 7) is 3.35. The molecule has 1 unspecified atom stereocenters. The minimum absolute atomic E-state index is 0.245. The van der Waals surface area contributed by atoms with E-state index >= 15 is 0 Å². The lowest BCUT2D eigenvalue weighted by Crippen LogP contribution is -2.65. The maximum atomic E-state index is 11.4. The summed E-state index contributed by atoms with van der Waals surface area (Å²) in [6, 6.07) is 0. The number of carboxylic acids is 1. The van der Waals surface area contributed by atoms with Gasteiger partial charge in [0.1, 0.15) is 62.0 Å². The molecule has 284 valence electrons. The van der Waals surface area contributed by atoms with Gasteiger partial charge in [-0.1, -0.05) is 50.7 Å². The molecule has 2 fully saturated rings. The number of aliphatic hydroxyl groups is 5. The van der Waals surface area contributed by atoms with Crippen molar-refractivity contribution in [3.63, 3.8) is 0 Å². The molecule has 2 heterocycles. The van der Waals surface area contributed by atoms with Crippen molar-refractivity contribution in [2.75, 3.05) is 13.2 Å². The Morgan fingerprint density at radius 3 is 1.69 bits per heavy atom. The molecule has 0 aromatic heterocycles. The number of hydrogen-bond donors (Lipinski definition) is 6. The predicted molar refractivity (Wildman–Crippen MR) is 173 cm³/mol. The highest BCUT2D eigenvalue weighted by molar-refractivity contribution is 5.66. The molecule has 15 nitrogen and oxygen atoms in total. The number of ether oxygens (including phenoxy) is 6. The number of esters is 2. The topological polar surface area (TPSA) is 228 Å². The van der Waals surface area contributed by atoms with E-state index in [4.69, 9.17) is 33.5 Å². The van der Waals surface area contributed by atoms with E-state index in [-0.39, 0.29) is 13.0 Å². The Balaban J connectivity index is 1.85. The molecule has 2 aliphatic rings. The van der Waals surface area contributed by atoms with Gasteiger partial charge in [-0.25, -0.2) is 0 Å². The predicted octanol–water partition coefficient (Wildman–Crippen LogP) is 1.87. The minimum atomic E-state index is -1.78. The van der Waals surface area contributed by atoms with Gasteiger partial charge in [-0.05, 0) is 45.4 Å². The molecule has 0 radical (unpaired) electrons. The van der Waals surface area contributed by atoms with Gasteiger partial charge in [-0.15, -0.1) is 0 Å². The van der Waals surface area contributed by atoms with Crippen molar-refractivity contribution >= 4 is 17.9 Å². The van der Waals surface area contributed by atoms with Crippen molar-refractivity contribution in [3.05, 3.63) is 12.2 Å². The van der Waals surface area contributed by atoms with E-state index in [1.807, 2.05) is 6.92 Å². The molecule has 0 amide bonds. The molecule has 11 atom stereocenters. The molecular formula is C34H58O15. The van der Waals surface area contributed by atoms with Gasteiger partial charge in [0.2, 0.25) is 0 Å². The monoisotopic (exact) mass is 706 g/mol. The largest absolute Gasteiger partial charge is 0.481 e. The van der Waals surface area contributed by atoms with Crippen LogP contribution in [0.3, 0.4) is 0 Å². The van der Waals surface area contributed by atoms with Crippen LogP contribution in [0, 0.1) is 0 Å². The number of carboxylic acid groups (broad SMARTS) is 1. The number of allylic oxidation sites excluding steroid dienone is 2. The molecule has 0 aromatic carbocycles. The van der Waals surface area contributed by atoms with Crippen molar-refractivity contribution in [1.82, 2.24) is 0 Å². The molecule has 6 N–H and O–H groups in total. The molecule has 0 spiro atoms. The molecule has 0 aromatic rings. The van der Waals surface area contributed by atoms with Gasteiger partial charge in [0.05, 0.1) is 6.10 Å². The third kappa shape index (κ3) is 16.1. The zero-order chi connectivity index (χ0) is 36.3. The van der Waals surface area contributed by atoms with Crippen molar-refractivity contribution in [2.24, 2.45) is 0 Å². The van der Waals surface area contributed by atoms with E-state index in [0.717, 1.165) is 77.6 Å². The first-order valence-corrected chi connectivity index (χ1v) is 17.5. The van der Waals surface area contributed by atoms with Crippen molar-refractivity contribution in [1.29, 1.82) is 0 Å². The summed E-state index contributed by atoms with van der Waals surface area (Å²) < 4.78 is 33.3. The van der Waals surface area contributed by atoms with Gasteiger partial charge in [0, 0.05) is 20.3 Å². The maximum absolute atomic E-state index is 11.4. The van der Waals surface area contributed by atoms with Crippen LogP contribution in [0.4, 0.5) is 0 Å². The van der Waals surface area contributed by atoms with Gasteiger partial charge in [0.15, 0.2) is 12.6 Å². The number of rotatable bonds is 23. The van der Waals surface area contributed by atoms with E-state index < -0.39 is 92.0 Å². The first kappa shape index (κ1) is 43.0. The van der Waals surface area contributed by atoms with Gasteiger partial charge in [-0.2, -0.15) is 0 Å². The second-order valence-electron chi connectivity index (χ2n) is 12.9. The van der Waals surface area contributed by atoms with Crippen LogP contribution in [0.1, 0.15) is 104 Å². The highest BCUT2D eigenvalue weighted by Gasteiger charge is 2.51. The molecule has 49 heavy (non-hydrogen) atoms. The van der Waals surface area contributed by atoms with Gasteiger partial charge in [0.25, 0.3) is 0 Å². The minimum Gasteiger partial charge on any atom is -0.481 e. The van der Waals surface area contributed by atoms with Crippen LogP contribution >= 0.6 is 0 Å². The van der Waals surface area contributed by atoms with E-state index in [1.165, 1.54) is 6.92 Å². The number of unbranched alkanes of at least 4 members (excludes halogenated alkanes) is 9. The molecule has 0 saturated carbocycles. The van der Waals surface area contributed by atoms with Crippen molar-refractivity contribution in [3.8, 4) is 0 Å². The third-order valence-corrected chi connectivity index (χ3v) is 8.53. The molecule has 0 bridgehead atoms. The van der Waals surface area contributed by atoms with E-state index in [0.29, 0.717) is 6.42 Å². The average Bonchev–Trinajstić information content (AvgIpc) is 3.04. The Morgan fingerprint density at radius 2 is 1.14 bits per heavy atom. The Kier molecular flexibility index (Phi) is 20.4. The Labute approximate surface area is 288 Å². The average molecular weight is 707 g/mol. The molecule has 15 heteroatoms. The second-order valence-corrected chi connectivity index (χ2v) is 12.9. The van der Waals surface area contributed by atoms with Crippen LogP contribution in [0.25, 0.3) is 0 Å². The smallest absolute Gasteiger partial charge is 0.303 e. The van der Waals surface area contributed by atoms with Crippen LogP contribution < -0.4 is 0 Å². The van der Waals surface area contributed by atoms with Gasteiger partial charge in [-0.3, -0.25) is 14.4 Å². The summed E-state index contributed by atoms with van der Waals surface area (Å²) in [5.74, 6) is -2.00. The highest BCUT2D eigenvalue weighted by Crippen LogP contribution is 2.31. The first-order chi connectivity index (χ1) is 23.3. The summed E-state index contributed by atoms with van der Waals surface area (Å²) >= 11 is 0. The number of aliphatic carboxylic acids is 1. The fourth-order valence-corrected chi connectivity index (χ4v) is 5.67. The third-order valence-electron chi connectivity index (χ3n) is 8.53. The Morgan fingerprint density at radius 1 is 0.653 bits per heavy atom. The van der Waals surface area contributed by atoms with Crippen LogP contribution in [0.5, 0.6) is 0 Å². The lowest BCUT2D eigenvalue weighted by Gasteiger charge is -2.46. The van der Waals surface area contributed by atoms with Crippen LogP contribution in [0.15, 0.2) is 12.2 Å². The molecule has 2 rings (SSSR count). The van der Waals surface area contributed by atoms with Gasteiger partial charge < -0.3 is 59.1 Å². The summed E-state index contributed by atoms with van der Waals surface area (Å²) in [4.78, 5) is 33.2. The number of aliphatic hydroxyl groups excluding tert-OH is 5.